The van der Waals surface area contributed by atoms with E-state index in [1.807, 2.05) is 71.2 Å². The summed E-state index contributed by atoms with van der Waals surface area (Å²) in [6.07, 6.45) is -5.95. The molecule has 0 bridgehead atoms. The molecule has 5 atom stereocenters. The number of hydrogen-bond donors (Lipinski definition) is 5. The molecule has 40 heavy (non-hydrogen) atoms. The van der Waals surface area contributed by atoms with Crippen LogP contribution < -0.4 is 5.32 Å². The molecule has 5 N–H and O–H groups in total. The summed E-state index contributed by atoms with van der Waals surface area (Å²) in [7, 11) is 0. The standard InChI is InChI=1S/C30H32ClN3O6/c1-2-20-11-13-22-25(18-9-6-10-19(31)15-18)21(26(33-34(20)22)17-7-4-3-5-8-17)12-14-24(36)32-30-29(39)28(38)27(37)23(16-35)40-30/h3-11,13,15,23,27-30,35,37-39H,2,12,14,16H2,1H3,(H,32,36)/t23-,27+,28-,29+,30-/m1/s1. The number of nitrogens with one attached hydrogen (secondary N) is 1. The zero-order valence-corrected chi connectivity index (χ0v) is 22.7. The Morgan fingerprint density at radius 3 is 2.45 bits per heavy atom. The Morgan fingerprint density at radius 2 is 1.75 bits per heavy atom. The average Bonchev–Trinajstić information content (AvgIpc) is 3.38. The lowest BCUT2D eigenvalue weighted by Crippen LogP contribution is -2.63. The van der Waals surface area contributed by atoms with Crippen molar-refractivity contribution in [3.05, 3.63) is 83.0 Å². The second-order valence-corrected chi connectivity index (χ2v) is 10.3. The number of hydrogen-bond acceptors (Lipinski definition) is 7. The third-order valence-electron chi connectivity index (χ3n) is 7.30. The lowest BCUT2D eigenvalue weighted by Gasteiger charge is -2.40. The molecular weight excluding hydrogens is 534 g/mol. The van der Waals surface area contributed by atoms with Gasteiger partial charge in [0, 0.05) is 28.3 Å². The third-order valence-corrected chi connectivity index (χ3v) is 7.53. The molecule has 1 aliphatic rings. The molecule has 5 rings (SSSR count). The molecular formula is C30H32ClN3O6. The van der Waals surface area contributed by atoms with E-state index in [4.69, 9.17) is 21.4 Å². The van der Waals surface area contributed by atoms with Crippen LogP contribution in [-0.2, 0) is 22.4 Å². The number of rotatable bonds is 8. The van der Waals surface area contributed by atoms with Gasteiger partial charge in [0.25, 0.3) is 0 Å². The SMILES string of the molecule is CCc1ccc2c(-c3cccc(Cl)c3)c(CCC(=O)N[C@@H]3O[C@H](CO)[C@H](O)[C@@H](O)[C@@H]3O)c(-c3ccccc3)nn12. The molecule has 9 nitrogen and oxygen atoms in total. The Morgan fingerprint density at radius 1 is 1.00 bits per heavy atom. The molecule has 0 unspecified atom stereocenters. The first kappa shape index (κ1) is 28.2. The molecule has 0 aliphatic carbocycles. The van der Waals surface area contributed by atoms with Gasteiger partial charge in [-0.2, -0.15) is 5.10 Å². The summed E-state index contributed by atoms with van der Waals surface area (Å²) in [6, 6.07) is 21.4. The number of fused-ring (bicyclic) bond motifs is 1. The van der Waals surface area contributed by atoms with Gasteiger partial charge in [-0.15, -0.1) is 0 Å². The summed E-state index contributed by atoms with van der Waals surface area (Å²) in [5, 5.41) is 48.2. The smallest absolute Gasteiger partial charge is 0.222 e. The van der Waals surface area contributed by atoms with Crippen molar-refractivity contribution in [2.24, 2.45) is 0 Å². The minimum Gasteiger partial charge on any atom is -0.394 e. The Balaban J connectivity index is 1.54. The lowest BCUT2D eigenvalue weighted by molar-refractivity contribution is -0.235. The van der Waals surface area contributed by atoms with Crippen LogP contribution in [0.25, 0.3) is 27.9 Å². The van der Waals surface area contributed by atoms with Crippen LogP contribution in [0.15, 0.2) is 66.7 Å². The summed E-state index contributed by atoms with van der Waals surface area (Å²) >= 11 is 6.40. The minimum atomic E-state index is -1.58. The van der Waals surface area contributed by atoms with E-state index in [-0.39, 0.29) is 6.42 Å². The Hall–Kier alpha value is -3.31. The number of nitrogens with zero attached hydrogens (tertiary/aromatic N) is 2. The molecule has 0 spiro atoms. The summed E-state index contributed by atoms with van der Waals surface area (Å²) in [5.74, 6) is -0.440. The van der Waals surface area contributed by atoms with Gasteiger partial charge in [0.1, 0.15) is 24.4 Å². The first-order valence-electron chi connectivity index (χ1n) is 13.3. The van der Waals surface area contributed by atoms with Gasteiger partial charge in [-0.1, -0.05) is 61.0 Å². The van der Waals surface area contributed by atoms with Crippen LogP contribution in [0.2, 0.25) is 5.02 Å². The molecule has 1 aliphatic heterocycles. The Kier molecular flexibility index (Phi) is 8.51. The second kappa shape index (κ2) is 12.1. The first-order chi connectivity index (χ1) is 19.3. The zero-order chi connectivity index (χ0) is 28.4. The highest BCUT2D eigenvalue weighted by Crippen LogP contribution is 2.37. The predicted octanol–water partition coefficient (Wildman–Crippen LogP) is 2.73. The highest BCUT2D eigenvalue weighted by Gasteiger charge is 2.43. The van der Waals surface area contributed by atoms with Gasteiger partial charge >= 0.3 is 0 Å². The first-order valence-corrected chi connectivity index (χ1v) is 13.6. The minimum absolute atomic E-state index is 0.0155. The van der Waals surface area contributed by atoms with E-state index >= 15 is 0 Å². The van der Waals surface area contributed by atoms with E-state index in [0.29, 0.717) is 11.4 Å². The normalized spacial score (nSPS) is 22.9. The fourth-order valence-corrected chi connectivity index (χ4v) is 5.40. The van der Waals surface area contributed by atoms with Crippen molar-refractivity contribution in [2.45, 2.75) is 56.8 Å². The average molecular weight is 566 g/mol. The van der Waals surface area contributed by atoms with E-state index in [1.165, 1.54) is 0 Å². The van der Waals surface area contributed by atoms with Crippen LogP contribution in [0.4, 0.5) is 0 Å². The van der Waals surface area contributed by atoms with Crippen molar-refractivity contribution in [2.75, 3.05) is 6.61 Å². The highest BCUT2D eigenvalue weighted by molar-refractivity contribution is 6.30. The Bertz CT molecular complexity index is 1490. The molecule has 10 heteroatoms. The van der Waals surface area contributed by atoms with Crippen LogP contribution in [-0.4, -0.2) is 73.2 Å². The summed E-state index contributed by atoms with van der Waals surface area (Å²) in [4.78, 5) is 13.1. The fraction of sp³-hybridized carbons (Fsp3) is 0.333. The molecule has 0 saturated carbocycles. The quantitative estimate of drug-likeness (QED) is 0.221. The fourth-order valence-electron chi connectivity index (χ4n) is 5.21. The largest absolute Gasteiger partial charge is 0.394 e. The van der Waals surface area contributed by atoms with Gasteiger partial charge in [0.05, 0.1) is 17.8 Å². The second-order valence-electron chi connectivity index (χ2n) is 9.87. The number of benzene rings is 2. The molecule has 3 heterocycles. The number of aromatic nitrogens is 2. The van der Waals surface area contributed by atoms with Crippen molar-refractivity contribution in [1.82, 2.24) is 14.9 Å². The monoisotopic (exact) mass is 565 g/mol. The van der Waals surface area contributed by atoms with Crippen molar-refractivity contribution in [1.29, 1.82) is 0 Å². The van der Waals surface area contributed by atoms with E-state index in [9.17, 15) is 25.2 Å². The lowest BCUT2D eigenvalue weighted by atomic mass is 9.92. The van der Waals surface area contributed by atoms with Crippen molar-refractivity contribution >= 4 is 23.0 Å². The van der Waals surface area contributed by atoms with Crippen LogP contribution in [0.3, 0.4) is 0 Å². The number of carbonyl (C=O) groups is 1. The van der Waals surface area contributed by atoms with E-state index in [1.54, 1.807) is 0 Å². The highest BCUT2D eigenvalue weighted by atomic mass is 35.5. The summed E-state index contributed by atoms with van der Waals surface area (Å²) in [6.45, 7) is 1.49. The van der Waals surface area contributed by atoms with Crippen molar-refractivity contribution < 1.29 is 30.0 Å². The van der Waals surface area contributed by atoms with Crippen LogP contribution in [0.1, 0.15) is 24.6 Å². The number of carbonyl (C=O) groups excluding carboxylic acids is 1. The van der Waals surface area contributed by atoms with Crippen molar-refractivity contribution in [3.8, 4) is 22.4 Å². The Labute approximate surface area is 236 Å². The molecule has 1 saturated heterocycles. The molecule has 1 fully saturated rings. The maximum Gasteiger partial charge on any atom is 0.222 e. The van der Waals surface area contributed by atoms with Gasteiger partial charge in [-0.05, 0) is 48.2 Å². The number of ether oxygens (including phenoxy) is 1. The molecule has 2 aromatic heterocycles. The molecule has 0 radical (unpaired) electrons. The van der Waals surface area contributed by atoms with Gasteiger partial charge in [-0.3, -0.25) is 4.79 Å². The zero-order valence-electron chi connectivity index (χ0n) is 21.9. The summed E-state index contributed by atoms with van der Waals surface area (Å²) < 4.78 is 7.39. The maximum atomic E-state index is 13.1. The number of aryl methyl sites for hydroxylation is 1. The van der Waals surface area contributed by atoms with E-state index < -0.39 is 43.2 Å². The third kappa shape index (κ3) is 5.49. The van der Waals surface area contributed by atoms with E-state index in [2.05, 4.69) is 12.2 Å². The topological polar surface area (TPSA) is 137 Å². The molecule has 1 amide bonds. The van der Waals surface area contributed by atoms with Crippen molar-refractivity contribution in [3.63, 3.8) is 0 Å². The van der Waals surface area contributed by atoms with Gasteiger partial charge in [0.2, 0.25) is 5.91 Å². The number of aliphatic hydroxyl groups excluding tert-OH is 4. The molecule has 210 valence electrons. The molecule has 2 aromatic carbocycles. The molecule has 4 aromatic rings. The van der Waals surface area contributed by atoms with Crippen LogP contribution in [0.5, 0.6) is 0 Å². The predicted molar refractivity (Wildman–Crippen MR) is 151 cm³/mol. The van der Waals surface area contributed by atoms with Gasteiger partial charge in [-0.25, -0.2) is 4.52 Å². The van der Waals surface area contributed by atoms with Crippen LogP contribution >= 0.6 is 11.6 Å². The van der Waals surface area contributed by atoms with Gasteiger partial charge < -0.3 is 30.5 Å². The maximum absolute atomic E-state index is 13.1. The van der Waals surface area contributed by atoms with Crippen LogP contribution in [0, 0.1) is 0 Å². The summed E-state index contributed by atoms with van der Waals surface area (Å²) in [5.41, 5.74) is 6.22. The van der Waals surface area contributed by atoms with Gasteiger partial charge in [0.15, 0.2) is 6.23 Å². The van der Waals surface area contributed by atoms with E-state index in [0.717, 1.165) is 45.6 Å². The number of halogens is 1. The number of aliphatic hydroxyl groups is 4. The number of amides is 1.